The predicted molar refractivity (Wildman–Crippen MR) is 95.3 cm³/mol. The molecule has 3 atom stereocenters. The molecule has 7 heteroatoms. The minimum atomic E-state index is -4.40. The maximum atomic E-state index is 13.3. The van der Waals surface area contributed by atoms with Crippen LogP contribution in [0.5, 0.6) is 0 Å². The Bertz CT molecular complexity index is 872. The summed E-state index contributed by atoms with van der Waals surface area (Å²) in [4.78, 5) is 11.2. The van der Waals surface area contributed by atoms with Crippen molar-refractivity contribution in [2.24, 2.45) is 11.8 Å². The number of hydrogen-bond acceptors (Lipinski definition) is 3. The molecule has 2 aliphatic carbocycles. The molecule has 1 unspecified atom stereocenters. The topological polar surface area (TPSA) is 34.0 Å². The molecule has 1 aliphatic heterocycles. The number of pyridine rings is 1. The zero-order chi connectivity index (χ0) is 18.9. The third kappa shape index (κ3) is 2.87. The highest BCUT2D eigenvalue weighted by Gasteiger charge is 2.57. The lowest BCUT2D eigenvalue weighted by atomic mass is 10.1. The Kier molecular flexibility index (Phi) is 3.70. The Morgan fingerprint density at radius 3 is 2.48 bits per heavy atom. The Labute approximate surface area is 156 Å². The number of likely N-dealkylation sites (tertiary alicyclic amines) is 1. The Balaban J connectivity index is 1.49. The summed E-state index contributed by atoms with van der Waals surface area (Å²) < 4.78 is 42.1. The first-order chi connectivity index (χ1) is 12.9. The molecule has 3 aliphatic rings. The summed E-state index contributed by atoms with van der Waals surface area (Å²) in [5.41, 5.74) is 0.399. The van der Waals surface area contributed by atoms with Crippen molar-refractivity contribution < 1.29 is 13.2 Å². The van der Waals surface area contributed by atoms with Crippen molar-refractivity contribution >= 4 is 0 Å². The van der Waals surface area contributed by atoms with Crippen molar-refractivity contribution in [2.75, 3.05) is 19.6 Å². The molecule has 5 rings (SSSR count). The predicted octanol–water partition coefficient (Wildman–Crippen LogP) is 4.27. The van der Waals surface area contributed by atoms with Gasteiger partial charge in [0.05, 0.1) is 11.3 Å². The molecule has 2 aromatic heterocycles. The first-order valence-corrected chi connectivity index (χ1v) is 9.72. The summed E-state index contributed by atoms with van der Waals surface area (Å²) in [7, 11) is 0. The summed E-state index contributed by atoms with van der Waals surface area (Å²) in [6.45, 7) is 6.90. The van der Waals surface area contributed by atoms with E-state index in [2.05, 4.69) is 21.4 Å². The van der Waals surface area contributed by atoms with Crippen LogP contribution in [0.3, 0.4) is 0 Å². The number of aryl methyl sites for hydroxylation is 1. The van der Waals surface area contributed by atoms with Gasteiger partial charge in [0, 0.05) is 48.7 Å². The SMILES string of the molecule is CCN1C[C@@H]2C(n3cc(-c4cnc(C)c(C(F)(F)F)c4)nc3C3CC3)[C@@H]2C1. The van der Waals surface area contributed by atoms with Gasteiger partial charge in [-0.25, -0.2) is 4.98 Å². The number of alkyl halides is 3. The lowest BCUT2D eigenvalue weighted by molar-refractivity contribution is -0.138. The molecule has 0 spiro atoms. The fourth-order valence-corrected chi connectivity index (χ4v) is 4.64. The molecule has 2 saturated carbocycles. The average Bonchev–Trinajstić information content (AvgIpc) is 3.49. The largest absolute Gasteiger partial charge is 0.418 e. The van der Waals surface area contributed by atoms with Crippen LogP contribution in [0.15, 0.2) is 18.5 Å². The number of aromatic nitrogens is 3. The number of halogens is 3. The lowest BCUT2D eigenvalue weighted by Gasteiger charge is -2.18. The lowest BCUT2D eigenvalue weighted by Crippen LogP contribution is -2.24. The summed E-state index contributed by atoms with van der Waals surface area (Å²) in [6, 6.07) is 1.66. The van der Waals surface area contributed by atoms with E-state index in [0.717, 1.165) is 38.3 Å². The highest BCUT2D eigenvalue weighted by Crippen LogP contribution is 2.57. The summed E-state index contributed by atoms with van der Waals surface area (Å²) >= 11 is 0. The molecular weight excluding hydrogens is 353 g/mol. The highest BCUT2D eigenvalue weighted by molar-refractivity contribution is 5.59. The van der Waals surface area contributed by atoms with Crippen LogP contribution >= 0.6 is 0 Å². The molecular formula is C20H23F3N4. The number of nitrogens with zero attached hydrogens (tertiary/aromatic N) is 4. The van der Waals surface area contributed by atoms with Crippen LogP contribution in [0.1, 0.15) is 48.8 Å². The van der Waals surface area contributed by atoms with Gasteiger partial charge in [-0.15, -0.1) is 0 Å². The van der Waals surface area contributed by atoms with Gasteiger partial charge in [0.15, 0.2) is 0 Å². The van der Waals surface area contributed by atoms with E-state index in [9.17, 15) is 13.2 Å². The average molecular weight is 376 g/mol. The van der Waals surface area contributed by atoms with Gasteiger partial charge in [-0.3, -0.25) is 4.98 Å². The normalized spacial score (nSPS) is 27.8. The highest BCUT2D eigenvalue weighted by atomic mass is 19.4. The summed E-state index contributed by atoms with van der Waals surface area (Å²) in [6.07, 6.45) is 1.34. The summed E-state index contributed by atoms with van der Waals surface area (Å²) in [5, 5.41) is 0. The molecule has 0 bridgehead atoms. The van der Waals surface area contributed by atoms with Crippen molar-refractivity contribution in [1.29, 1.82) is 0 Å². The Hall–Kier alpha value is -1.89. The zero-order valence-corrected chi connectivity index (χ0v) is 15.5. The second kappa shape index (κ2) is 5.80. The van der Waals surface area contributed by atoms with E-state index in [-0.39, 0.29) is 5.69 Å². The second-order valence-corrected chi connectivity index (χ2v) is 8.19. The van der Waals surface area contributed by atoms with Crippen LogP contribution in [0, 0.1) is 18.8 Å². The molecule has 0 N–H and O–H groups in total. The second-order valence-electron chi connectivity index (χ2n) is 8.19. The van der Waals surface area contributed by atoms with Gasteiger partial charge in [-0.2, -0.15) is 13.2 Å². The van der Waals surface area contributed by atoms with E-state index in [1.54, 1.807) is 0 Å². The van der Waals surface area contributed by atoms with Gasteiger partial charge in [-0.1, -0.05) is 6.92 Å². The molecule has 0 radical (unpaired) electrons. The standard InChI is InChI=1S/C20H23F3N4/c1-3-26-8-14-15(9-26)18(14)27-10-17(25-19(27)12-4-5-12)13-6-16(20(21,22)23)11(2)24-7-13/h6-7,10,12,14-15,18H,3-5,8-9H2,1-2H3/t14-,15+,18?. The molecule has 4 nitrogen and oxygen atoms in total. The maximum Gasteiger partial charge on any atom is 0.418 e. The van der Waals surface area contributed by atoms with Crippen molar-refractivity contribution in [3.8, 4) is 11.3 Å². The zero-order valence-electron chi connectivity index (χ0n) is 15.5. The molecule has 2 aromatic rings. The van der Waals surface area contributed by atoms with Gasteiger partial charge in [0.1, 0.15) is 5.82 Å². The fraction of sp³-hybridized carbons (Fsp3) is 0.600. The molecule has 27 heavy (non-hydrogen) atoms. The van der Waals surface area contributed by atoms with Crippen molar-refractivity contribution in [2.45, 2.75) is 44.8 Å². The van der Waals surface area contributed by atoms with Crippen LogP contribution in [0.4, 0.5) is 13.2 Å². The number of hydrogen-bond donors (Lipinski definition) is 0. The van der Waals surface area contributed by atoms with E-state index in [1.807, 2.05) is 6.20 Å². The third-order valence-electron chi connectivity index (χ3n) is 6.38. The van der Waals surface area contributed by atoms with Crippen LogP contribution in [-0.2, 0) is 6.18 Å². The van der Waals surface area contributed by atoms with Crippen LogP contribution in [0.2, 0.25) is 0 Å². The summed E-state index contributed by atoms with van der Waals surface area (Å²) in [5.74, 6) is 2.84. The van der Waals surface area contributed by atoms with E-state index >= 15 is 0 Å². The minimum Gasteiger partial charge on any atom is -0.330 e. The number of fused-ring (bicyclic) bond motifs is 1. The maximum absolute atomic E-state index is 13.3. The quantitative estimate of drug-likeness (QED) is 0.799. The molecule has 3 heterocycles. The molecule has 1 saturated heterocycles. The fourth-order valence-electron chi connectivity index (χ4n) is 4.64. The van der Waals surface area contributed by atoms with Crippen LogP contribution in [0.25, 0.3) is 11.3 Å². The van der Waals surface area contributed by atoms with Gasteiger partial charge in [0.25, 0.3) is 0 Å². The van der Waals surface area contributed by atoms with Gasteiger partial charge in [0.2, 0.25) is 0 Å². The van der Waals surface area contributed by atoms with Crippen molar-refractivity contribution in [3.05, 3.63) is 35.5 Å². The Morgan fingerprint density at radius 1 is 1.19 bits per heavy atom. The van der Waals surface area contributed by atoms with E-state index in [1.165, 1.54) is 19.2 Å². The van der Waals surface area contributed by atoms with Crippen LogP contribution < -0.4 is 0 Å². The number of piperidine rings is 1. The van der Waals surface area contributed by atoms with Crippen molar-refractivity contribution in [1.82, 2.24) is 19.4 Å². The number of rotatable bonds is 4. The molecule has 3 fully saturated rings. The first-order valence-electron chi connectivity index (χ1n) is 9.72. The van der Waals surface area contributed by atoms with E-state index in [0.29, 0.717) is 35.1 Å². The third-order valence-corrected chi connectivity index (χ3v) is 6.38. The molecule has 144 valence electrons. The van der Waals surface area contributed by atoms with Gasteiger partial charge < -0.3 is 9.47 Å². The van der Waals surface area contributed by atoms with Crippen molar-refractivity contribution in [3.63, 3.8) is 0 Å². The Morgan fingerprint density at radius 2 is 1.89 bits per heavy atom. The van der Waals surface area contributed by atoms with Gasteiger partial charge >= 0.3 is 6.18 Å². The monoisotopic (exact) mass is 376 g/mol. The smallest absolute Gasteiger partial charge is 0.330 e. The van der Waals surface area contributed by atoms with Gasteiger partial charge in [-0.05, 0) is 44.2 Å². The molecule has 0 aromatic carbocycles. The van der Waals surface area contributed by atoms with E-state index < -0.39 is 11.7 Å². The minimum absolute atomic E-state index is 0.00415. The number of imidazole rings is 1. The molecule has 0 amide bonds. The van der Waals surface area contributed by atoms with Crippen LogP contribution in [-0.4, -0.2) is 39.1 Å². The van der Waals surface area contributed by atoms with E-state index in [4.69, 9.17) is 4.98 Å². The first kappa shape index (κ1) is 17.2.